The van der Waals surface area contributed by atoms with Crippen molar-refractivity contribution in [2.75, 3.05) is 12.4 Å². The average Bonchev–Trinajstić information content (AvgIpc) is 2.65. The van der Waals surface area contributed by atoms with Crippen molar-refractivity contribution in [2.45, 2.75) is 44.5 Å². The minimum atomic E-state index is -0.942. The highest BCUT2D eigenvalue weighted by Crippen LogP contribution is 2.39. The van der Waals surface area contributed by atoms with E-state index in [4.69, 9.17) is 9.84 Å². The second kappa shape index (κ2) is 5.75. The third kappa shape index (κ3) is 3.38. The van der Waals surface area contributed by atoms with Gasteiger partial charge in [-0.1, -0.05) is 20.3 Å². The van der Waals surface area contributed by atoms with Gasteiger partial charge in [0.15, 0.2) is 0 Å². The van der Waals surface area contributed by atoms with Gasteiger partial charge in [0, 0.05) is 0 Å². The molecule has 0 amide bonds. The van der Waals surface area contributed by atoms with Crippen molar-refractivity contribution in [3.05, 3.63) is 0 Å². The lowest BCUT2D eigenvalue weighted by atomic mass is 10.1. The Labute approximate surface area is 95.6 Å². The maximum atomic E-state index is 11.1. The SMILES string of the molecule is CCCC(C)COC1(C(=O)O)CCCS1. The Morgan fingerprint density at radius 1 is 1.67 bits per heavy atom. The number of rotatable bonds is 6. The molecule has 1 aliphatic heterocycles. The zero-order chi connectivity index (χ0) is 11.3. The maximum Gasteiger partial charge on any atom is 0.346 e. The van der Waals surface area contributed by atoms with E-state index in [-0.39, 0.29) is 0 Å². The van der Waals surface area contributed by atoms with Gasteiger partial charge in [0.25, 0.3) is 0 Å². The average molecular weight is 232 g/mol. The van der Waals surface area contributed by atoms with E-state index in [9.17, 15) is 4.79 Å². The number of carbonyl (C=O) groups is 1. The summed E-state index contributed by atoms with van der Waals surface area (Å²) in [4.78, 5) is 10.2. The van der Waals surface area contributed by atoms with Gasteiger partial charge >= 0.3 is 5.97 Å². The third-order valence-corrected chi connectivity index (χ3v) is 4.15. The van der Waals surface area contributed by atoms with Crippen LogP contribution in [0.4, 0.5) is 0 Å². The molecule has 15 heavy (non-hydrogen) atoms. The highest BCUT2D eigenvalue weighted by atomic mass is 32.2. The summed E-state index contributed by atoms with van der Waals surface area (Å²) in [5, 5.41) is 9.16. The number of thioether (sulfide) groups is 1. The number of ether oxygens (including phenoxy) is 1. The van der Waals surface area contributed by atoms with E-state index < -0.39 is 10.9 Å². The lowest BCUT2D eigenvalue weighted by Gasteiger charge is -2.25. The molecule has 1 rings (SSSR count). The molecule has 0 aromatic carbocycles. The molecule has 0 aliphatic carbocycles. The maximum absolute atomic E-state index is 11.1. The van der Waals surface area contributed by atoms with E-state index in [1.54, 1.807) is 0 Å². The molecular formula is C11H20O3S. The fourth-order valence-corrected chi connectivity index (χ4v) is 2.99. The standard InChI is InChI=1S/C11H20O3S/c1-3-5-9(2)8-14-11(10(12)13)6-4-7-15-11/h9H,3-8H2,1-2H3,(H,12,13). The van der Waals surface area contributed by atoms with Crippen molar-refractivity contribution in [3.63, 3.8) is 0 Å². The molecule has 1 saturated heterocycles. The van der Waals surface area contributed by atoms with Crippen LogP contribution in [0.25, 0.3) is 0 Å². The van der Waals surface area contributed by atoms with Gasteiger partial charge in [-0.05, 0) is 30.9 Å². The zero-order valence-electron chi connectivity index (χ0n) is 9.49. The van der Waals surface area contributed by atoms with Gasteiger partial charge in [-0.15, -0.1) is 11.8 Å². The molecule has 3 nitrogen and oxygen atoms in total. The Hall–Kier alpha value is -0.220. The summed E-state index contributed by atoms with van der Waals surface area (Å²) in [6, 6.07) is 0. The third-order valence-electron chi connectivity index (χ3n) is 2.69. The van der Waals surface area contributed by atoms with Crippen molar-refractivity contribution in [2.24, 2.45) is 5.92 Å². The van der Waals surface area contributed by atoms with Crippen molar-refractivity contribution < 1.29 is 14.6 Å². The lowest BCUT2D eigenvalue weighted by Crippen LogP contribution is -2.36. The minimum absolute atomic E-state index is 0.451. The first-order chi connectivity index (χ1) is 7.10. The highest BCUT2D eigenvalue weighted by Gasteiger charge is 2.43. The van der Waals surface area contributed by atoms with Gasteiger partial charge in [-0.2, -0.15) is 0 Å². The molecule has 0 aromatic heterocycles. The van der Waals surface area contributed by atoms with Crippen LogP contribution in [-0.2, 0) is 9.53 Å². The monoisotopic (exact) mass is 232 g/mol. The molecule has 0 radical (unpaired) electrons. The summed E-state index contributed by atoms with van der Waals surface area (Å²) in [5.74, 6) is 0.537. The number of aliphatic carboxylic acids is 1. The molecule has 1 aliphatic rings. The van der Waals surface area contributed by atoms with Crippen molar-refractivity contribution in [3.8, 4) is 0 Å². The van der Waals surface area contributed by atoms with Gasteiger partial charge in [-0.25, -0.2) is 4.79 Å². The van der Waals surface area contributed by atoms with E-state index in [0.717, 1.165) is 25.0 Å². The van der Waals surface area contributed by atoms with E-state index in [1.165, 1.54) is 11.8 Å². The lowest BCUT2D eigenvalue weighted by molar-refractivity contribution is -0.155. The molecule has 0 bridgehead atoms. The summed E-state index contributed by atoms with van der Waals surface area (Å²) < 4.78 is 5.63. The van der Waals surface area contributed by atoms with Crippen LogP contribution in [0.1, 0.15) is 39.5 Å². The number of hydrogen-bond acceptors (Lipinski definition) is 3. The van der Waals surface area contributed by atoms with Crippen LogP contribution < -0.4 is 0 Å². The van der Waals surface area contributed by atoms with Crippen molar-refractivity contribution in [1.29, 1.82) is 0 Å². The predicted octanol–water partition coefficient (Wildman–Crippen LogP) is 2.75. The van der Waals surface area contributed by atoms with Crippen LogP contribution in [0, 0.1) is 5.92 Å². The molecule has 1 N–H and O–H groups in total. The summed E-state index contributed by atoms with van der Waals surface area (Å²) in [6.07, 6.45) is 3.81. The van der Waals surface area contributed by atoms with E-state index >= 15 is 0 Å². The molecule has 0 saturated carbocycles. The molecule has 2 unspecified atom stereocenters. The predicted molar refractivity (Wildman–Crippen MR) is 62.1 cm³/mol. The van der Waals surface area contributed by atoms with Gasteiger partial charge in [0.2, 0.25) is 4.93 Å². The Morgan fingerprint density at radius 3 is 2.87 bits per heavy atom. The van der Waals surface area contributed by atoms with Crippen LogP contribution >= 0.6 is 11.8 Å². The Morgan fingerprint density at radius 2 is 2.40 bits per heavy atom. The normalized spacial score (nSPS) is 27.9. The largest absolute Gasteiger partial charge is 0.478 e. The Kier molecular flexibility index (Phi) is 4.93. The number of hydrogen-bond donors (Lipinski definition) is 1. The fraction of sp³-hybridized carbons (Fsp3) is 0.909. The summed E-state index contributed by atoms with van der Waals surface area (Å²) in [6.45, 7) is 4.81. The second-order valence-corrected chi connectivity index (χ2v) is 5.57. The first-order valence-corrected chi connectivity index (χ1v) is 6.60. The van der Waals surface area contributed by atoms with Gasteiger partial charge in [0.05, 0.1) is 6.61 Å². The van der Waals surface area contributed by atoms with Crippen LogP contribution in [0.15, 0.2) is 0 Å². The van der Waals surface area contributed by atoms with Crippen LogP contribution in [0.5, 0.6) is 0 Å². The smallest absolute Gasteiger partial charge is 0.346 e. The van der Waals surface area contributed by atoms with Crippen molar-refractivity contribution in [1.82, 2.24) is 0 Å². The van der Waals surface area contributed by atoms with Crippen LogP contribution in [0.3, 0.4) is 0 Å². The molecule has 0 aromatic rings. The first kappa shape index (κ1) is 12.8. The summed E-state index contributed by atoms with van der Waals surface area (Å²) in [5.41, 5.74) is 0. The zero-order valence-corrected chi connectivity index (χ0v) is 10.3. The quantitative estimate of drug-likeness (QED) is 0.765. The molecule has 4 heteroatoms. The topological polar surface area (TPSA) is 46.5 Å². The Balaban J connectivity index is 2.42. The van der Waals surface area contributed by atoms with Crippen molar-refractivity contribution >= 4 is 17.7 Å². The van der Waals surface area contributed by atoms with E-state index in [1.807, 2.05) is 0 Å². The molecule has 1 fully saturated rings. The molecule has 0 spiro atoms. The second-order valence-electron chi connectivity index (χ2n) is 4.21. The van der Waals surface area contributed by atoms with Gasteiger partial charge < -0.3 is 9.84 Å². The Bertz CT molecular complexity index is 212. The minimum Gasteiger partial charge on any atom is -0.478 e. The number of carboxylic acid groups (broad SMARTS) is 1. The first-order valence-electron chi connectivity index (χ1n) is 5.62. The molecular weight excluding hydrogens is 212 g/mol. The molecule has 1 heterocycles. The fourth-order valence-electron chi connectivity index (χ4n) is 1.81. The molecule has 88 valence electrons. The molecule has 2 atom stereocenters. The van der Waals surface area contributed by atoms with E-state index in [0.29, 0.717) is 18.9 Å². The van der Waals surface area contributed by atoms with Gasteiger partial charge in [0.1, 0.15) is 0 Å². The number of carboxylic acids is 1. The highest BCUT2D eigenvalue weighted by molar-refractivity contribution is 8.01. The van der Waals surface area contributed by atoms with Crippen LogP contribution in [-0.4, -0.2) is 28.4 Å². The summed E-state index contributed by atoms with van der Waals surface area (Å²) >= 11 is 1.44. The summed E-state index contributed by atoms with van der Waals surface area (Å²) in [7, 11) is 0. The van der Waals surface area contributed by atoms with Gasteiger partial charge in [-0.3, -0.25) is 0 Å². The van der Waals surface area contributed by atoms with E-state index in [2.05, 4.69) is 13.8 Å². The van der Waals surface area contributed by atoms with Crippen LogP contribution in [0.2, 0.25) is 0 Å².